The van der Waals surface area contributed by atoms with Gasteiger partial charge < -0.3 is 10.2 Å². The minimum absolute atomic E-state index is 0.174. The van der Waals surface area contributed by atoms with Crippen LogP contribution in [-0.4, -0.2) is 22.2 Å². The van der Waals surface area contributed by atoms with Crippen molar-refractivity contribution in [1.82, 2.24) is 0 Å². The molecule has 0 bridgehead atoms. The highest BCUT2D eigenvalue weighted by Gasteiger charge is 2.27. The van der Waals surface area contributed by atoms with Gasteiger partial charge in [-0.05, 0) is 63.7 Å². The lowest BCUT2D eigenvalue weighted by Gasteiger charge is -2.11. The quantitative estimate of drug-likeness (QED) is 0.486. The minimum atomic E-state index is -1.32. The Kier molecular flexibility index (Phi) is 4.56. The summed E-state index contributed by atoms with van der Waals surface area (Å²) >= 11 is 12.4. The van der Waals surface area contributed by atoms with Gasteiger partial charge in [0, 0.05) is 17.9 Å². The Morgan fingerprint density at radius 2 is 0.938 bits per heavy atom. The van der Waals surface area contributed by atoms with Gasteiger partial charge in [0.1, 0.15) is 0 Å². The van der Waals surface area contributed by atoms with Crippen molar-refractivity contribution in [1.29, 1.82) is 0 Å². The summed E-state index contributed by atoms with van der Waals surface area (Å²) in [5.41, 5.74) is -0.621. The molecule has 1 aromatic carbocycles. The molecule has 0 aliphatic carbocycles. The standard InChI is InChI=1S/C8H2Br4O4/c9-3-1(7(13)14)2(8(15)16)4(10)6(12)5(3)11/h(H,13,14)(H,15,16)/i1+1,2+1,3+1,4+1,5+1,6+1. The third-order valence-electron chi connectivity index (χ3n) is 1.69. The molecule has 0 aromatic heterocycles. The molecule has 0 fully saturated rings. The van der Waals surface area contributed by atoms with Crippen molar-refractivity contribution in [3.8, 4) is 0 Å². The van der Waals surface area contributed by atoms with Crippen LogP contribution in [0.25, 0.3) is 0 Å². The summed E-state index contributed by atoms with van der Waals surface area (Å²) in [5.74, 6) is -2.64. The van der Waals surface area contributed by atoms with Gasteiger partial charge in [-0.2, -0.15) is 0 Å². The van der Waals surface area contributed by atoms with Crippen LogP contribution < -0.4 is 0 Å². The molecule has 4 nitrogen and oxygen atoms in total. The molecular weight excluding hydrogens is 486 g/mol. The number of halogens is 4. The second-order valence-corrected chi connectivity index (χ2v) is 5.79. The molecule has 16 heavy (non-hydrogen) atoms. The number of hydrogen-bond acceptors (Lipinski definition) is 2. The van der Waals surface area contributed by atoms with Crippen molar-refractivity contribution in [2.24, 2.45) is 0 Å². The first kappa shape index (κ1) is 14.1. The summed E-state index contributed by atoms with van der Waals surface area (Å²) in [7, 11) is 0. The Hall–Kier alpha value is 0.0800. The predicted molar refractivity (Wildman–Crippen MR) is 71.2 cm³/mol. The Morgan fingerprint density at radius 1 is 0.688 bits per heavy atom. The van der Waals surface area contributed by atoms with E-state index in [2.05, 4.69) is 63.7 Å². The first-order chi connectivity index (χ1) is 7.29. The van der Waals surface area contributed by atoms with Crippen LogP contribution in [0.5, 0.6) is 0 Å². The van der Waals surface area contributed by atoms with Crippen LogP contribution >= 0.6 is 63.7 Å². The molecule has 0 saturated carbocycles. The summed E-state index contributed by atoms with van der Waals surface area (Å²) in [6.45, 7) is 0. The summed E-state index contributed by atoms with van der Waals surface area (Å²) < 4.78 is 1.21. The van der Waals surface area contributed by atoms with Crippen LogP contribution in [0.1, 0.15) is 20.7 Å². The first-order valence-electron chi connectivity index (χ1n) is 3.61. The summed E-state index contributed by atoms with van der Waals surface area (Å²) in [6, 6.07) is 0. The number of benzene rings is 1. The Bertz CT molecular complexity index is 453. The highest BCUT2D eigenvalue weighted by molar-refractivity contribution is 9.15. The van der Waals surface area contributed by atoms with E-state index in [1.807, 2.05) is 0 Å². The normalized spacial score (nSPS) is 10.2. The fraction of sp³-hybridized carbons (Fsp3) is 0. The second kappa shape index (κ2) is 5.16. The minimum Gasteiger partial charge on any atom is -0.478 e. The van der Waals surface area contributed by atoms with Gasteiger partial charge in [-0.1, -0.05) is 0 Å². The molecule has 0 aliphatic rings. The number of carboxylic acids is 2. The lowest BCUT2D eigenvalue weighted by atomic mass is 10.8. The van der Waals surface area contributed by atoms with E-state index in [0.717, 1.165) is 0 Å². The Labute approximate surface area is 124 Å². The van der Waals surface area contributed by atoms with E-state index >= 15 is 0 Å². The van der Waals surface area contributed by atoms with Crippen molar-refractivity contribution in [3.05, 3.63) is 29.0 Å². The van der Waals surface area contributed by atoms with Crippen LogP contribution in [0.3, 0.4) is 0 Å². The largest absolute Gasteiger partial charge is 0.478 e. The maximum Gasteiger partial charge on any atom is 0.337 e. The van der Waals surface area contributed by atoms with Crippen molar-refractivity contribution >= 4 is 75.7 Å². The van der Waals surface area contributed by atoms with E-state index in [0.29, 0.717) is 8.95 Å². The highest BCUT2D eigenvalue weighted by Crippen LogP contribution is 2.42. The van der Waals surface area contributed by atoms with Gasteiger partial charge in [-0.3, -0.25) is 0 Å². The fourth-order valence-corrected chi connectivity index (χ4v) is 3.49. The Balaban J connectivity index is 3.83. The molecule has 0 saturated heterocycles. The van der Waals surface area contributed by atoms with Crippen molar-refractivity contribution < 1.29 is 19.8 Å². The van der Waals surface area contributed by atoms with Gasteiger partial charge in [0.15, 0.2) is 0 Å². The van der Waals surface area contributed by atoms with Crippen LogP contribution in [0, 0.1) is 0 Å². The molecule has 2 N–H and O–H groups in total. The maximum absolute atomic E-state index is 11.0. The lowest BCUT2D eigenvalue weighted by molar-refractivity contribution is 0.0649. The Morgan fingerprint density at radius 3 is 1.12 bits per heavy atom. The highest BCUT2D eigenvalue weighted by atomic mass is 79.9. The zero-order chi connectivity index (χ0) is 12.6. The van der Waals surface area contributed by atoms with E-state index in [4.69, 9.17) is 10.2 Å². The van der Waals surface area contributed by atoms with Gasteiger partial charge in [0.2, 0.25) is 0 Å². The zero-order valence-electron chi connectivity index (χ0n) is 7.22. The van der Waals surface area contributed by atoms with Gasteiger partial charge in [-0.25, -0.2) is 9.59 Å². The molecule has 0 amide bonds. The molecular formula is C8H2Br4O4. The van der Waals surface area contributed by atoms with Crippen molar-refractivity contribution in [2.45, 2.75) is 0 Å². The first-order valence-corrected chi connectivity index (χ1v) is 6.78. The fourth-order valence-electron chi connectivity index (χ4n) is 1.03. The van der Waals surface area contributed by atoms with Crippen LogP contribution in [-0.2, 0) is 0 Å². The predicted octanol–water partition coefficient (Wildman–Crippen LogP) is 4.13. The number of carboxylic acid groups (broad SMARTS) is 2. The summed E-state index contributed by atoms with van der Waals surface area (Å²) in [5, 5.41) is 18.0. The lowest BCUT2D eigenvalue weighted by Crippen LogP contribution is -2.11. The molecule has 0 aliphatic heterocycles. The SMILES string of the molecule is O=C(O)[13c]1[13c](Br)[13c](Br)[13c](Br)[13c](Br)[13c]1C(=O)O. The zero-order valence-corrected chi connectivity index (χ0v) is 13.6. The van der Waals surface area contributed by atoms with Crippen LogP contribution in [0.15, 0.2) is 17.9 Å². The van der Waals surface area contributed by atoms with E-state index in [9.17, 15) is 9.59 Å². The molecule has 0 spiro atoms. The average molecular weight is 488 g/mol. The molecule has 0 radical (unpaired) electrons. The summed E-state index contributed by atoms with van der Waals surface area (Å²) in [4.78, 5) is 22.0. The van der Waals surface area contributed by atoms with Crippen molar-refractivity contribution in [3.63, 3.8) is 0 Å². The molecule has 86 valence electrons. The van der Waals surface area contributed by atoms with Gasteiger partial charge in [0.05, 0.1) is 11.1 Å². The molecule has 0 heterocycles. The third-order valence-corrected chi connectivity index (χ3v) is 6.46. The van der Waals surface area contributed by atoms with Crippen LogP contribution in [0.2, 0.25) is 0 Å². The molecule has 8 heteroatoms. The molecule has 1 rings (SSSR count). The van der Waals surface area contributed by atoms with Crippen molar-refractivity contribution in [2.75, 3.05) is 0 Å². The van der Waals surface area contributed by atoms with Gasteiger partial charge in [-0.15, -0.1) is 0 Å². The van der Waals surface area contributed by atoms with E-state index < -0.39 is 11.9 Å². The van der Waals surface area contributed by atoms with E-state index in [-0.39, 0.29) is 20.1 Å². The van der Waals surface area contributed by atoms with Crippen LogP contribution in [0.4, 0.5) is 0 Å². The summed E-state index contributed by atoms with van der Waals surface area (Å²) in [6.07, 6.45) is 0. The molecule has 0 unspecified atom stereocenters. The number of hydrogen-bond donors (Lipinski definition) is 2. The molecule has 1 aromatic rings. The smallest absolute Gasteiger partial charge is 0.337 e. The maximum atomic E-state index is 11.0. The van der Waals surface area contributed by atoms with Gasteiger partial charge in [0.25, 0.3) is 0 Å². The van der Waals surface area contributed by atoms with E-state index in [1.54, 1.807) is 0 Å². The molecule has 0 atom stereocenters. The monoisotopic (exact) mass is 484 g/mol. The third kappa shape index (κ3) is 2.34. The second-order valence-electron chi connectivity index (χ2n) is 2.62. The van der Waals surface area contributed by atoms with E-state index in [1.165, 1.54) is 0 Å². The average Bonchev–Trinajstić information content (AvgIpc) is 2.18. The van der Waals surface area contributed by atoms with Gasteiger partial charge >= 0.3 is 11.9 Å². The number of carbonyl (C=O) groups is 2. The topological polar surface area (TPSA) is 74.6 Å². The number of rotatable bonds is 2. The number of aromatic carboxylic acids is 2.